The van der Waals surface area contributed by atoms with Crippen molar-refractivity contribution in [1.82, 2.24) is 15.4 Å². The fourth-order valence-electron chi connectivity index (χ4n) is 1.75. The highest BCUT2D eigenvalue weighted by Gasteiger charge is 2.32. The number of carbonyl (C=O) groups excluding carboxylic acids is 1. The van der Waals surface area contributed by atoms with Crippen LogP contribution in [0.3, 0.4) is 0 Å². The third-order valence-corrected chi connectivity index (χ3v) is 2.53. The number of aromatic nitrogens is 2. The molecular formula is C12H11F3N4O. The van der Waals surface area contributed by atoms with E-state index in [-0.39, 0.29) is 11.4 Å². The quantitative estimate of drug-likeness (QED) is 0.858. The molecule has 2 aromatic heterocycles. The molecule has 0 fully saturated rings. The van der Waals surface area contributed by atoms with Crippen LogP contribution in [0.15, 0.2) is 24.4 Å². The minimum absolute atomic E-state index is 0.155. The first kappa shape index (κ1) is 14.0. The molecule has 2 rings (SSSR count). The number of fused-ring (bicyclic) bond motifs is 1. The second-order valence-electron chi connectivity index (χ2n) is 4.12. The molecule has 0 saturated carbocycles. The Bertz CT molecular complexity index is 657. The lowest BCUT2D eigenvalue weighted by atomic mass is 10.2. The van der Waals surface area contributed by atoms with Crippen LogP contribution in [0.1, 0.15) is 12.6 Å². The van der Waals surface area contributed by atoms with Crippen molar-refractivity contribution >= 4 is 22.6 Å². The van der Waals surface area contributed by atoms with Gasteiger partial charge in [-0.2, -0.15) is 13.2 Å². The Labute approximate surface area is 112 Å². The molecule has 20 heavy (non-hydrogen) atoms. The van der Waals surface area contributed by atoms with E-state index in [1.165, 1.54) is 30.3 Å². The van der Waals surface area contributed by atoms with Crippen molar-refractivity contribution in [3.05, 3.63) is 30.1 Å². The van der Waals surface area contributed by atoms with Crippen molar-refractivity contribution in [2.45, 2.75) is 13.1 Å². The molecule has 106 valence electrons. The Kier molecular flexibility index (Phi) is 3.47. The van der Waals surface area contributed by atoms with Crippen LogP contribution in [0.25, 0.3) is 10.9 Å². The molecule has 0 aliphatic rings. The van der Waals surface area contributed by atoms with Crippen molar-refractivity contribution in [2.24, 2.45) is 0 Å². The van der Waals surface area contributed by atoms with Crippen LogP contribution in [-0.4, -0.2) is 22.9 Å². The predicted octanol–water partition coefficient (Wildman–Crippen LogP) is 2.14. The smallest absolute Gasteiger partial charge is 0.274 e. The summed E-state index contributed by atoms with van der Waals surface area (Å²) in [4.78, 5) is 18.6. The van der Waals surface area contributed by atoms with Gasteiger partial charge in [0.05, 0.1) is 5.52 Å². The van der Waals surface area contributed by atoms with Gasteiger partial charge in [-0.15, -0.1) is 0 Å². The summed E-state index contributed by atoms with van der Waals surface area (Å²) in [6.45, 7) is 1.32. The number of nitrogens with zero attached hydrogens (tertiary/aromatic N) is 3. The van der Waals surface area contributed by atoms with Crippen molar-refractivity contribution in [2.75, 3.05) is 12.1 Å². The number of nitrogens with one attached hydrogen (secondary N) is 1. The maximum absolute atomic E-state index is 12.6. The number of rotatable bonds is 2. The zero-order valence-corrected chi connectivity index (χ0v) is 10.7. The molecule has 2 heterocycles. The highest BCUT2D eigenvalue weighted by molar-refractivity contribution is 5.90. The summed E-state index contributed by atoms with van der Waals surface area (Å²) in [5.74, 6) is 0.00472. The Morgan fingerprint density at radius 3 is 2.60 bits per heavy atom. The van der Waals surface area contributed by atoms with E-state index in [1.54, 1.807) is 7.05 Å². The first-order valence-corrected chi connectivity index (χ1v) is 5.63. The molecule has 5 nitrogen and oxygen atoms in total. The third kappa shape index (κ3) is 2.79. The van der Waals surface area contributed by atoms with Gasteiger partial charge < -0.3 is 0 Å². The van der Waals surface area contributed by atoms with E-state index in [0.717, 1.165) is 6.07 Å². The van der Waals surface area contributed by atoms with Gasteiger partial charge in [0.25, 0.3) is 0 Å². The fourth-order valence-corrected chi connectivity index (χ4v) is 1.75. The number of hydrogen-bond donors (Lipinski definition) is 1. The number of carbonyl (C=O) groups is 1. The molecule has 1 amide bonds. The average molecular weight is 284 g/mol. The summed E-state index contributed by atoms with van der Waals surface area (Å²) in [7, 11) is 1.54. The SMILES string of the molecule is CC(=O)NN(C)c1nccc2nc(C(F)(F)F)ccc12. The largest absolute Gasteiger partial charge is 0.433 e. The van der Waals surface area contributed by atoms with Gasteiger partial charge in [-0.05, 0) is 18.2 Å². The lowest BCUT2D eigenvalue weighted by molar-refractivity contribution is -0.141. The van der Waals surface area contributed by atoms with E-state index in [4.69, 9.17) is 0 Å². The summed E-state index contributed by atoms with van der Waals surface area (Å²) in [5.41, 5.74) is 1.66. The Balaban J connectivity index is 2.51. The van der Waals surface area contributed by atoms with E-state index in [2.05, 4.69) is 15.4 Å². The first-order chi connectivity index (χ1) is 9.29. The van der Waals surface area contributed by atoms with Crippen LogP contribution in [0.5, 0.6) is 0 Å². The number of anilines is 1. The number of pyridine rings is 2. The molecule has 0 aromatic carbocycles. The molecule has 0 unspecified atom stereocenters. The zero-order chi connectivity index (χ0) is 14.9. The van der Waals surface area contributed by atoms with E-state index >= 15 is 0 Å². The van der Waals surface area contributed by atoms with Gasteiger partial charge >= 0.3 is 6.18 Å². The molecule has 0 saturated heterocycles. The van der Waals surface area contributed by atoms with E-state index in [9.17, 15) is 18.0 Å². The average Bonchev–Trinajstić information content (AvgIpc) is 2.35. The van der Waals surface area contributed by atoms with Crippen LogP contribution >= 0.6 is 0 Å². The molecule has 0 bridgehead atoms. The summed E-state index contributed by atoms with van der Waals surface area (Å²) < 4.78 is 37.8. The van der Waals surface area contributed by atoms with E-state index < -0.39 is 11.9 Å². The highest BCUT2D eigenvalue weighted by Crippen LogP contribution is 2.30. The van der Waals surface area contributed by atoms with E-state index in [1.807, 2.05) is 0 Å². The highest BCUT2D eigenvalue weighted by atomic mass is 19.4. The van der Waals surface area contributed by atoms with Crippen LogP contribution in [0.4, 0.5) is 19.0 Å². The topological polar surface area (TPSA) is 58.1 Å². The van der Waals surface area contributed by atoms with Crippen LogP contribution in [0.2, 0.25) is 0 Å². The summed E-state index contributed by atoms with van der Waals surface area (Å²) in [5, 5.41) is 1.75. The standard InChI is InChI=1S/C12H11F3N4O/c1-7(20)18-19(2)11-8-3-4-10(12(13,14)15)17-9(8)5-6-16-11/h3-6H,1-2H3,(H,18,20). The second kappa shape index (κ2) is 4.95. The van der Waals surface area contributed by atoms with Crippen molar-refractivity contribution in [3.63, 3.8) is 0 Å². The van der Waals surface area contributed by atoms with Gasteiger partial charge in [0.15, 0.2) is 5.82 Å². The molecule has 0 aliphatic heterocycles. The Morgan fingerprint density at radius 1 is 1.30 bits per heavy atom. The molecule has 2 aromatic rings. The van der Waals surface area contributed by atoms with Gasteiger partial charge in [-0.3, -0.25) is 15.2 Å². The maximum atomic E-state index is 12.6. The number of alkyl halides is 3. The third-order valence-electron chi connectivity index (χ3n) is 2.53. The van der Waals surface area contributed by atoms with Gasteiger partial charge in [0.1, 0.15) is 5.69 Å². The Morgan fingerprint density at radius 2 is 2.00 bits per heavy atom. The van der Waals surface area contributed by atoms with Crippen molar-refractivity contribution < 1.29 is 18.0 Å². The summed E-state index contributed by atoms with van der Waals surface area (Å²) in [6.07, 6.45) is -3.16. The molecule has 1 N–H and O–H groups in total. The summed E-state index contributed by atoms with van der Waals surface area (Å²) >= 11 is 0. The maximum Gasteiger partial charge on any atom is 0.433 e. The monoisotopic (exact) mass is 284 g/mol. The van der Waals surface area contributed by atoms with Gasteiger partial charge in [0, 0.05) is 25.6 Å². The lowest BCUT2D eigenvalue weighted by Crippen LogP contribution is -2.38. The van der Waals surface area contributed by atoms with Gasteiger partial charge in [0.2, 0.25) is 5.91 Å². The Hall–Kier alpha value is -2.38. The number of halogens is 3. The van der Waals surface area contributed by atoms with Crippen molar-refractivity contribution in [1.29, 1.82) is 0 Å². The normalized spacial score (nSPS) is 11.4. The van der Waals surface area contributed by atoms with E-state index in [0.29, 0.717) is 11.2 Å². The first-order valence-electron chi connectivity index (χ1n) is 5.63. The molecule has 8 heteroatoms. The molecule has 0 spiro atoms. The zero-order valence-electron chi connectivity index (χ0n) is 10.7. The molecular weight excluding hydrogens is 273 g/mol. The van der Waals surface area contributed by atoms with Crippen LogP contribution in [-0.2, 0) is 11.0 Å². The number of hydrogen-bond acceptors (Lipinski definition) is 4. The van der Waals surface area contributed by atoms with Crippen LogP contribution in [0, 0.1) is 0 Å². The fraction of sp³-hybridized carbons (Fsp3) is 0.250. The number of amides is 1. The molecule has 0 atom stereocenters. The van der Waals surface area contributed by atoms with Gasteiger partial charge in [-0.25, -0.2) is 9.97 Å². The lowest BCUT2D eigenvalue weighted by Gasteiger charge is -2.19. The molecule has 0 radical (unpaired) electrons. The minimum atomic E-state index is -4.50. The predicted molar refractivity (Wildman–Crippen MR) is 66.8 cm³/mol. The summed E-state index contributed by atoms with van der Waals surface area (Å²) in [6, 6.07) is 3.55. The van der Waals surface area contributed by atoms with Gasteiger partial charge in [-0.1, -0.05) is 0 Å². The van der Waals surface area contributed by atoms with Crippen molar-refractivity contribution in [3.8, 4) is 0 Å². The van der Waals surface area contributed by atoms with Crippen LogP contribution < -0.4 is 10.4 Å². The molecule has 0 aliphatic carbocycles. The second-order valence-corrected chi connectivity index (χ2v) is 4.12. The number of hydrazine groups is 1. The minimum Gasteiger partial charge on any atom is -0.274 e.